The lowest BCUT2D eigenvalue weighted by Gasteiger charge is -2.25. The highest BCUT2D eigenvalue weighted by Crippen LogP contribution is 2.28. The minimum Gasteiger partial charge on any atom is -0.598 e. The predicted molar refractivity (Wildman–Crippen MR) is 75.7 cm³/mol. The molecule has 0 aliphatic heterocycles. The molecule has 1 aromatic rings. The van der Waals surface area contributed by atoms with Crippen LogP contribution in [-0.4, -0.2) is 15.8 Å². The third-order valence-electron chi connectivity index (χ3n) is 2.90. The molecule has 0 radical (unpaired) electrons. The van der Waals surface area contributed by atoms with E-state index in [1.165, 1.54) is 12.1 Å². The predicted octanol–water partition coefficient (Wildman–Crippen LogP) is 3.92. The molecule has 1 unspecified atom stereocenters. The number of hydrogen-bond acceptors (Lipinski definition) is 2. The van der Waals surface area contributed by atoms with Gasteiger partial charge in [0.05, 0.1) is 5.56 Å². The lowest BCUT2D eigenvalue weighted by Crippen LogP contribution is -2.40. The van der Waals surface area contributed by atoms with Crippen molar-refractivity contribution in [1.29, 1.82) is 0 Å². The Kier molecular flexibility index (Phi) is 5.91. The Morgan fingerprint density at radius 2 is 1.80 bits per heavy atom. The Balaban J connectivity index is 2.78. The van der Waals surface area contributed by atoms with Crippen LogP contribution in [0.25, 0.3) is 0 Å². The first kappa shape index (κ1) is 17.3. The van der Waals surface area contributed by atoms with Gasteiger partial charge in [0.1, 0.15) is 10.6 Å². The second-order valence-electron chi connectivity index (χ2n) is 5.68. The van der Waals surface area contributed by atoms with Crippen LogP contribution < -0.4 is 4.72 Å². The molecule has 0 fully saturated rings. The van der Waals surface area contributed by atoms with Gasteiger partial charge in [-0.2, -0.15) is 0 Å². The lowest BCUT2D eigenvalue weighted by molar-refractivity contribution is 0.146. The van der Waals surface area contributed by atoms with E-state index in [4.69, 9.17) is 0 Å². The van der Waals surface area contributed by atoms with E-state index in [9.17, 15) is 17.7 Å². The minimum atomic E-state index is -2.83. The third kappa shape index (κ3) is 4.40. The third-order valence-corrected chi connectivity index (χ3v) is 4.44. The van der Waals surface area contributed by atoms with E-state index in [1.54, 1.807) is 6.92 Å². The Morgan fingerprint density at radius 1 is 1.25 bits per heavy atom. The molecule has 0 saturated heterocycles. The van der Waals surface area contributed by atoms with E-state index in [0.29, 0.717) is 0 Å². The topological polar surface area (TPSA) is 35.1 Å². The Morgan fingerprint density at radius 3 is 2.30 bits per heavy atom. The number of rotatable bonds is 5. The van der Waals surface area contributed by atoms with Gasteiger partial charge in [-0.1, -0.05) is 25.1 Å². The van der Waals surface area contributed by atoms with Gasteiger partial charge in [-0.25, -0.2) is 13.2 Å². The van der Waals surface area contributed by atoms with Gasteiger partial charge in [-0.3, -0.25) is 0 Å². The van der Waals surface area contributed by atoms with Crippen molar-refractivity contribution in [3.05, 3.63) is 35.1 Å². The smallest absolute Gasteiger partial charge is 0.266 e. The fraction of sp³-hybridized carbons (Fsp3) is 0.571. The fourth-order valence-electron chi connectivity index (χ4n) is 1.64. The summed E-state index contributed by atoms with van der Waals surface area (Å²) in [5, 5.41) is 0. The summed E-state index contributed by atoms with van der Waals surface area (Å²) in [6.45, 7) is 7.42. The first-order valence-corrected chi connectivity index (χ1v) is 7.51. The maximum atomic E-state index is 13.9. The van der Waals surface area contributed by atoms with Gasteiger partial charge in [0.2, 0.25) is 0 Å². The summed E-state index contributed by atoms with van der Waals surface area (Å²) in [6.07, 6.45) is -2.83. The van der Waals surface area contributed by atoms with E-state index >= 15 is 0 Å². The molecule has 0 aliphatic carbocycles. The normalized spacial score (nSPS) is 15.4. The van der Waals surface area contributed by atoms with Crippen LogP contribution in [0.5, 0.6) is 0 Å². The monoisotopic (exact) mass is 307 g/mol. The first-order chi connectivity index (χ1) is 9.14. The zero-order valence-corrected chi connectivity index (χ0v) is 12.9. The zero-order valence-electron chi connectivity index (χ0n) is 12.0. The molecule has 0 aliphatic rings. The molecule has 0 bridgehead atoms. The molecular formula is C14H20F3NOS. The van der Waals surface area contributed by atoms with Crippen LogP contribution in [0.3, 0.4) is 0 Å². The molecule has 114 valence electrons. The number of halogens is 3. The highest BCUT2D eigenvalue weighted by Gasteiger charge is 2.27. The van der Waals surface area contributed by atoms with Gasteiger partial charge in [-0.05, 0) is 26.3 Å². The summed E-state index contributed by atoms with van der Waals surface area (Å²) in [5.41, 5.74) is -0.382. The number of alkyl halides is 2. The van der Waals surface area contributed by atoms with Gasteiger partial charge in [-0.15, -0.1) is 4.72 Å². The highest BCUT2D eigenvalue weighted by atomic mass is 32.2. The van der Waals surface area contributed by atoms with E-state index < -0.39 is 33.9 Å². The molecular weight excluding hydrogens is 287 g/mol. The van der Waals surface area contributed by atoms with Gasteiger partial charge < -0.3 is 4.55 Å². The summed E-state index contributed by atoms with van der Waals surface area (Å²) >= 11 is -1.27. The molecule has 0 aromatic heterocycles. The molecule has 0 saturated carbocycles. The van der Waals surface area contributed by atoms with E-state index in [2.05, 4.69) is 4.72 Å². The summed E-state index contributed by atoms with van der Waals surface area (Å²) in [5.74, 6) is -1.22. The average molecular weight is 307 g/mol. The largest absolute Gasteiger partial charge is 0.598 e. The average Bonchev–Trinajstić information content (AvgIpc) is 2.34. The van der Waals surface area contributed by atoms with Gasteiger partial charge in [0, 0.05) is 23.8 Å². The Labute approximate surface area is 121 Å². The standard InChI is InChI=1S/C14H20F3NOS/c1-9(8-18-20(19)14(2,3)4)10-6-5-7-11(12(10)15)13(16)17/h5-7,9,13,18H,8H2,1-4H3/t9-,20?/m0/s1. The zero-order chi connectivity index (χ0) is 15.5. The molecule has 0 amide bonds. The molecule has 1 N–H and O–H groups in total. The summed E-state index contributed by atoms with van der Waals surface area (Å²) in [6, 6.07) is 3.97. The van der Waals surface area contributed by atoms with Crippen LogP contribution in [0.4, 0.5) is 13.2 Å². The maximum Gasteiger partial charge on any atom is 0.266 e. The molecule has 6 heteroatoms. The molecule has 2 atom stereocenters. The van der Waals surface area contributed by atoms with E-state index in [-0.39, 0.29) is 18.0 Å². The van der Waals surface area contributed by atoms with Crippen molar-refractivity contribution in [3.8, 4) is 0 Å². The lowest BCUT2D eigenvalue weighted by atomic mass is 9.98. The number of benzene rings is 1. The second kappa shape index (κ2) is 6.83. The van der Waals surface area contributed by atoms with Gasteiger partial charge >= 0.3 is 0 Å². The second-order valence-corrected chi connectivity index (χ2v) is 7.73. The van der Waals surface area contributed by atoms with Crippen LogP contribution in [0.2, 0.25) is 0 Å². The van der Waals surface area contributed by atoms with E-state index in [1.807, 2.05) is 20.8 Å². The number of hydrogen-bond donors (Lipinski definition) is 1. The van der Waals surface area contributed by atoms with Crippen LogP contribution in [-0.2, 0) is 11.4 Å². The molecule has 1 rings (SSSR count). The highest BCUT2D eigenvalue weighted by molar-refractivity contribution is 7.90. The summed E-state index contributed by atoms with van der Waals surface area (Å²) < 4.78 is 53.5. The molecule has 20 heavy (non-hydrogen) atoms. The van der Waals surface area contributed by atoms with Crippen molar-refractivity contribution < 1.29 is 17.7 Å². The first-order valence-electron chi connectivity index (χ1n) is 6.36. The van der Waals surface area contributed by atoms with Crippen LogP contribution in [0.15, 0.2) is 18.2 Å². The Bertz CT molecular complexity index is 449. The quantitative estimate of drug-likeness (QED) is 0.837. The van der Waals surface area contributed by atoms with Crippen molar-refractivity contribution in [2.24, 2.45) is 0 Å². The Hall–Kier alpha value is -0.720. The maximum absolute atomic E-state index is 13.9. The molecule has 0 spiro atoms. The van der Waals surface area contributed by atoms with E-state index in [0.717, 1.165) is 6.07 Å². The van der Waals surface area contributed by atoms with Crippen molar-refractivity contribution in [3.63, 3.8) is 0 Å². The SMILES string of the molecule is C[C@@H](CN[S+]([O-])C(C)(C)C)c1cccc(C(F)F)c1F. The van der Waals surface area contributed by atoms with Gasteiger partial charge in [0.25, 0.3) is 6.43 Å². The van der Waals surface area contributed by atoms with Gasteiger partial charge in [0.15, 0.2) is 0 Å². The molecule has 2 nitrogen and oxygen atoms in total. The summed E-state index contributed by atoms with van der Waals surface area (Å²) in [7, 11) is 0. The van der Waals surface area contributed by atoms with Crippen LogP contribution in [0.1, 0.15) is 51.2 Å². The fourth-order valence-corrected chi connectivity index (χ4v) is 2.48. The van der Waals surface area contributed by atoms with Crippen molar-refractivity contribution >= 4 is 11.4 Å². The van der Waals surface area contributed by atoms with Crippen molar-refractivity contribution in [1.82, 2.24) is 4.72 Å². The molecule has 1 aromatic carbocycles. The minimum absolute atomic E-state index is 0.209. The van der Waals surface area contributed by atoms with Crippen LogP contribution >= 0.6 is 0 Å². The van der Waals surface area contributed by atoms with Crippen molar-refractivity contribution in [2.45, 2.75) is 44.8 Å². The number of nitrogens with one attached hydrogen (secondary N) is 1. The van der Waals surface area contributed by atoms with Crippen molar-refractivity contribution in [2.75, 3.05) is 6.54 Å². The molecule has 0 heterocycles. The summed E-state index contributed by atoms with van der Waals surface area (Å²) in [4.78, 5) is 0. The van der Waals surface area contributed by atoms with Crippen LogP contribution in [0, 0.1) is 5.82 Å².